The maximum atomic E-state index is 13.1. The Morgan fingerprint density at radius 2 is 0.490 bits per heavy atom. The fourth-order valence-corrected chi connectivity index (χ4v) is 14.8. The topological polar surface area (TPSA) is 237 Å². The molecule has 104 heavy (non-hydrogen) atoms. The number of unbranched alkanes of at least 4 members (excludes halogenated alkanes) is 53. The van der Waals surface area contributed by atoms with E-state index in [9.17, 15) is 43.2 Å². The first-order chi connectivity index (χ1) is 50.4. The minimum absolute atomic E-state index is 0.106. The minimum Gasteiger partial charge on any atom is -0.462 e. The van der Waals surface area contributed by atoms with Crippen molar-refractivity contribution < 1.29 is 80.2 Å². The van der Waals surface area contributed by atoms with E-state index < -0.39 is 97.5 Å². The van der Waals surface area contributed by atoms with Crippen molar-refractivity contribution in [2.24, 2.45) is 11.8 Å². The van der Waals surface area contributed by atoms with Crippen molar-refractivity contribution in [3.05, 3.63) is 0 Å². The lowest BCUT2D eigenvalue weighted by molar-refractivity contribution is -0.161. The molecule has 618 valence electrons. The summed E-state index contributed by atoms with van der Waals surface area (Å²) < 4.78 is 68.8. The molecule has 3 N–H and O–H groups in total. The van der Waals surface area contributed by atoms with Crippen molar-refractivity contribution in [2.45, 2.75) is 471 Å². The molecule has 0 aliphatic rings. The van der Waals surface area contributed by atoms with Crippen molar-refractivity contribution in [3.8, 4) is 0 Å². The molecule has 0 aromatic carbocycles. The zero-order valence-corrected chi connectivity index (χ0v) is 70.1. The number of aliphatic hydroxyl groups excluding tert-OH is 1. The number of esters is 4. The molecule has 19 heteroatoms. The van der Waals surface area contributed by atoms with Gasteiger partial charge in [-0.15, -0.1) is 0 Å². The highest BCUT2D eigenvalue weighted by Crippen LogP contribution is 2.45. The molecular formula is C85H166O17P2. The molecule has 0 saturated carbocycles. The Balaban J connectivity index is 5.22. The van der Waals surface area contributed by atoms with Crippen LogP contribution in [0.2, 0.25) is 0 Å². The van der Waals surface area contributed by atoms with E-state index in [0.29, 0.717) is 25.7 Å². The van der Waals surface area contributed by atoms with Gasteiger partial charge in [0.15, 0.2) is 12.2 Å². The first kappa shape index (κ1) is 102. The van der Waals surface area contributed by atoms with E-state index in [0.717, 1.165) is 108 Å². The third-order valence-electron chi connectivity index (χ3n) is 20.3. The van der Waals surface area contributed by atoms with Crippen LogP contribution < -0.4 is 0 Å². The summed E-state index contributed by atoms with van der Waals surface area (Å²) in [7, 11) is -9.93. The van der Waals surface area contributed by atoms with E-state index in [2.05, 4.69) is 41.5 Å². The second-order valence-corrected chi connectivity index (χ2v) is 34.2. The van der Waals surface area contributed by atoms with Crippen LogP contribution in [0.15, 0.2) is 0 Å². The number of rotatable bonds is 84. The maximum absolute atomic E-state index is 13.1. The Labute approximate surface area is 638 Å². The molecule has 0 heterocycles. The van der Waals surface area contributed by atoms with Gasteiger partial charge in [-0.3, -0.25) is 37.3 Å². The average Bonchev–Trinajstić information content (AvgIpc) is 0.906. The van der Waals surface area contributed by atoms with Crippen LogP contribution in [-0.2, 0) is 65.4 Å². The van der Waals surface area contributed by atoms with Crippen molar-refractivity contribution in [3.63, 3.8) is 0 Å². The van der Waals surface area contributed by atoms with Gasteiger partial charge in [-0.25, -0.2) is 9.13 Å². The third kappa shape index (κ3) is 76.8. The minimum atomic E-state index is -4.97. The molecule has 0 saturated heterocycles. The highest BCUT2D eigenvalue weighted by Gasteiger charge is 2.30. The molecule has 3 unspecified atom stereocenters. The van der Waals surface area contributed by atoms with E-state index in [1.165, 1.54) is 263 Å². The number of phosphoric ester groups is 2. The van der Waals surface area contributed by atoms with Crippen LogP contribution >= 0.6 is 15.6 Å². The van der Waals surface area contributed by atoms with E-state index >= 15 is 0 Å². The van der Waals surface area contributed by atoms with Crippen molar-refractivity contribution in [1.29, 1.82) is 0 Å². The lowest BCUT2D eigenvalue weighted by Gasteiger charge is -2.21. The third-order valence-corrected chi connectivity index (χ3v) is 22.2. The van der Waals surface area contributed by atoms with E-state index in [1.807, 2.05) is 0 Å². The molecule has 0 fully saturated rings. The van der Waals surface area contributed by atoms with Crippen molar-refractivity contribution in [2.75, 3.05) is 39.6 Å². The van der Waals surface area contributed by atoms with Gasteiger partial charge in [0.2, 0.25) is 0 Å². The SMILES string of the molecule is CCCCCCCCCCCCCCCCCCCCCCCCC(=O)O[C@H](COC(=O)CCCCCCCCCCCCCCCCCCC)COP(=O)(O)OC[C@@H](O)COP(=O)(O)OC[C@@H](COC(=O)CCCCCCCCC(C)CC)OC(=O)CCCCCCCCCCCCCCC(C)C. The van der Waals surface area contributed by atoms with Crippen LogP contribution in [0, 0.1) is 11.8 Å². The molecule has 17 nitrogen and oxygen atoms in total. The summed E-state index contributed by atoms with van der Waals surface area (Å²) in [6, 6.07) is 0. The zero-order valence-electron chi connectivity index (χ0n) is 68.3. The Morgan fingerprint density at radius 1 is 0.279 bits per heavy atom. The maximum Gasteiger partial charge on any atom is 0.472 e. The van der Waals surface area contributed by atoms with Gasteiger partial charge >= 0.3 is 39.5 Å². The molecule has 0 spiro atoms. The van der Waals surface area contributed by atoms with E-state index in [1.54, 1.807) is 0 Å². The molecule has 6 atom stereocenters. The molecule has 0 radical (unpaired) electrons. The zero-order chi connectivity index (χ0) is 76.4. The number of aliphatic hydroxyl groups is 1. The molecule has 0 aliphatic carbocycles. The van der Waals surface area contributed by atoms with Crippen LogP contribution in [0.5, 0.6) is 0 Å². The van der Waals surface area contributed by atoms with Gasteiger partial charge < -0.3 is 33.8 Å². The van der Waals surface area contributed by atoms with Crippen LogP contribution in [-0.4, -0.2) is 96.7 Å². The normalized spacial score (nSPS) is 14.1. The van der Waals surface area contributed by atoms with Gasteiger partial charge in [0, 0.05) is 25.7 Å². The van der Waals surface area contributed by atoms with Crippen LogP contribution in [0.3, 0.4) is 0 Å². The van der Waals surface area contributed by atoms with Crippen LogP contribution in [0.4, 0.5) is 0 Å². The number of phosphoric acid groups is 2. The second-order valence-electron chi connectivity index (χ2n) is 31.3. The smallest absolute Gasteiger partial charge is 0.462 e. The largest absolute Gasteiger partial charge is 0.472 e. The average molecular weight is 1520 g/mol. The molecule has 0 rings (SSSR count). The van der Waals surface area contributed by atoms with E-state index in [4.69, 9.17) is 37.0 Å². The second kappa shape index (κ2) is 76.4. The molecule has 0 amide bonds. The summed E-state index contributed by atoms with van der Waals surface area (Å²) in [6.45, 7) is 9.63. The molecule has 0 bridgehead atoms. The molecule has 0 aliphatic heterocycles. The summed E-state index contributed by atoms with van der Waals surface area (Å²) in [5.74, 6) is -0.598. The van der Waals surface area contributed by atoms with Gasteiger partial charge in [-0.1, -0.05) is 401 Å². The van der Waals surface area contributed by atoms with E-state index in [-0.39, 0.29) is 25.7 Å². The lowest BCUT2D eigenvalue weighted by Crippen LogP contribution is -2.30. The van der Waals surface area contributed by atoms with Crippen LogP contribution in [0.1, 0.15) is 452 Å². The Kier molecular flexibility index (Phi) is 75.0. The fraction of sp³-hybridized carbons (Fsp3) is 0.953. The summed E-state index contributed by atoms with van der Waals surface area (Å²) in [5.41, 5.74) is 0. The molecule has 0 aromatic rings. The first-order valence-corrected chi connectivity index (χ1v) is 47.0. The highest BCUT2D eigenvalue weighted by atomic mass is 31.2. The monoisotopic (exact) mass is 1520 g/mol. The van der Waals surface area contributed by atoms with Gasteiger partial charge in [-0.05, 0) is 37.5 Å². The quantitative estimate of drug-likeness (QED) is 0.0222. The number of hydrogen-bond acceptors (Lipinski definition) is 15. The number of ether oxygens (including phenoxy) is 4. The predicted molar refractivity (Wildman–Crippen MR) is 428 cm³/mol. The molecular weight excluding hydrogens is 1350 g/mol. The summed E-state index contributed by atoms with van der Waals surface area (Å²) >= 11 is 0. The summed E-state index contributed by atoms with van der Waals surface area (Å²) in [6.07, 6.45) is 68.2. The van der Waals surface area contributed by atoms with Gasteiger partial charge in [0.1, 0.15) is 19.3 Å². The lowest BCUT2D eigenvalue weighted by atomic mass is 10.00. The highest BCUT2D eigenvalue weighted by molar-refractivity contribution is 7.47. The standard InChI is InChI=1S/C85H166O17P2/c1-7-10-12-14-16-18-20-22-24-26-27-28-29-30-32-34-36-41-45-49-57-63-69-84(89)101-80(73-95-82(87)67-61-55-48-44-40-35-33-31-25-23-21-19-17-15-13-11-8-2)75-99-103(91,92)97-71-79(86)72-98-104(93,94)100-76-81(74-96-83(88)68-62-56-52-51-54-60-66-78(6)9-3)102-85(90)70-64-58-50-46-42-38-37-39-43-47-53-59-65-77(4)5/h77-81,86H,7-76H2,1-6H3,(H,91,92)(H,93,94)/t78?,79-,80-,81-/m1/s1. The number of hydrogen-bond donors (Lipinski definition) is 3. The fourth-order valence-electron chi connectivity index (χ4n) is 13.2. The number of carbonyl (C=O) groups is 4. The predicted octanol–water partition coefficient (Wildman–Crippen LogP) is 25.8. The Hall–Kier alpha value is -1.94. The Bertz CT molecular complexity index is 2000. The van der Waals surface area contributed by atoms with Crippen molar-refractivity contribution in [1.82, 2.24) is 0 Å². The molecule has 0 aromatic heterocycles. The van der Waals surface area contributed by atoms with Crippen LogP contribution in [0.25, 0.3) is 0 Å². The first-order valence-electron chi connectivity index (χ1n) is 44.0. The van der Waals surface area contributed by atoms with Gasteiger partial charge in [0.25, 0.3) is 0 Å². The number of carbonyl (C=O) groups excluding carboxylic acids is 4. The summed E-state index contributed by atoms with van der Waals surface area (Å²) in [5, 5.41) is 10.7. The van der Waals surface area contributed by atoms with Crippen molar-refractivity contribution >= 4 is 39.5 Å². The summed E-state index contributed by atoms with van der Waals surface area (Å²) in [4.78, 5) is 73.2. The Morgan fingerprint density at radius 3 is 0.731 bits per heavy atom. The van der Waals surface area contributed by atoms with Gasteiger partial charge in [-0.2, -0.15) is 0 Å². The van der Waals surface area contributed by atoms with Gasteiger partial charge in [0.05, 0.1) is 26.4 Å².